The highest BCUT2D eigenvalue weighted by Gasteiger charge is 2.36. The zero-order valence-corrected chi connectivity index (χ0v) is 11.9. The summed E-state index contributed by atoms with van der Waals surface area (Å²) in [4.78, 5) is 26.2. The minimum atomic E-state index is -0.821. The predicted molar refractivity (Wildman–Crippen MR) is 73.2 cm³/mol. The van der Waals surface area contributed by atoms with E-state index in [2.05, 4.69) is 10.2 Å². The number of ether oxygens (including phenoxy) is 1. The monoisotopic (exact) mass is 294 g/mol. The van der Waals surface area contributed by atoms with Gasteiger partial charge in [-0.1, -0.05) is 0 Å². The van der Waals surface area contributed by atoms with Gasteiger partial charge in [-0.15, -0.1) is 5.10 Å². The first kappa shape index (κ1) is 13.6. The van der Waals surface area contributed by atoms with E-state index in [-0.39, 0.29) is 34.3 Å². The van der Waals surface area contributed by atoms with E-state index in [1.54, 1.807) is 4.90 Å². The lowest BCUT2D eigenvalue weighted by Crippen LogP contribution is -2.42. The Kier molecular flexibility index (Phi) is 2.96. The maximum Gasteiger partial charge on any atom is 0.277 e. The summed E-state index contributed by atoms with van der Waals surface area (Å²) in [6, 6.07) is -0.179. The molecule has 0 saturated heterocycles. The molecule has 1 unspecified atom stereocenters. The molecule has 0 radical (unpaired) electrons. The van der Waals surface area contributed by atoms with E-state index >= 15 is 0 Å². The van der Waals surface area contributed by atoms with Crippen molar-refractivity contribution in [3.05, 3.63) is 22.0 Å². The zero-order chi connectivity index (χ0) is 15.3. The van der Waals surface area contributed by atoms with Crippen LogP contribution in [0.1, 0.15) is 30.4 Å². The van der Waals surface area contributed by atoms with E-state index in [0.717, 1.165) is 0 Å². The highest BCUT2D eigenvalue weighted by Crippen LogP contribution is 2.37. The van der Waals surface area contributed by atoms with Gasteiger partial charge in [0.25, 0.3) is 17.4 Å². The number of hydrogen-bond donors (Lipinski definition) is 1. The fourth-order valence-corrected chi connectivity index (χ4v) is 2.94. The summed E-state index contributed by atoms with van der Waals surface area (Å²) in [5, 5.41) is 5.46. The molecule has 3 heterocycles. The van der Waals surface area contributed by atoms with Crippen molar-refractivity contribution in [1.82, 2.24) is 19.7 Å². The molecule has 1 N–H and O–H groups in total. The molecular formula is C13H15FN4O3. The number of likely N-dealkylation sites (N-methyl/N-ethyl adjacent to an activating group) is 1. The number of methoxy groups -OCH3 is 1. The Morgan fingerprint density at radius 3 is 2.81 bits per heavy atom. The number of nitrogens with zero attached hydrogens (tertiary/aromatic N) is 3. The summed E-state index contributed by atoms with van der Waals surface area (Å²) in [6.07, 6.45) is 0. The Balaban J connectivity index is 2.48. The Hall–Kier alpha value is -2.38. The number of nitrogens with one attached hydrogen (secondary N) is 1. The van der Waals surface area contributed by atoms with Crippen molar-refractivity contribution >= 4 is 16.8 Å². The summed E-state index contributed by atoms with van der Waals surface area (Å²) in [6.45, 7) is 4.70. The van der Waals surface area contributed by atoms with Crippen LogP contribution in [0, 0.1) is 5.95 Å². The van der Waals surface area contributed by atoms with Gasteiger partial charge < -0.3 is 14.2 Å². The van der Waals surface area contributed by atoms with Crippen LogP contribution in [-0.4, -0.2) is 45.8 Å². The van der Waals surface area contributed by atoms with Crippen LogP contribution in [0.2, 0.25) is 0 Å². The van der Waals surface area contributed by atoms with Gasteiger partial charge in [0.2, 0.25) is 0 Å². The molecule has 0 spiro atoms. The Morgan fingerprint density at radius 2 is 2.19 bits per heavy atom. The van der Waals surface area contributed by atoms with Crippen LogP contribution in [-0.2, 0) is 0 Å². The van der Waals surface area contributed by atoms with Crippen molar-refractivity contribution in [3.8, 4) is 5.75 Å². The molecule has 112 valence electrons. The second-order valence-corrected chi connectivity index (χ2v) is 5.01. The summed E-state index contributed by atoms with van der Waals surface area (Å²) in [7, 11) is 1.36. The number of halogens is 1. The number of hydrogen-bond acceptors (Lipinski definition) is 4. The van der Waals surface area contributed by atoms with E-state index in [1.807, 2.05) is 13.8 Å². The Labute approximate surface area is 119 Å². The van der Waals surface area contributed by atoms with Gasteiger partial charge in [-0.3, -0.25) is 9.59 Å². The third-order valence-electron chi connectivity index (χ3n) is 3.84. The number of amides is 1. The van der Waals surface area contributed by atoms with Gasteiger partial charge in [-0.05, 0) is 13.8 Å². The van der Waals surface area contributed by atoms with Gasteiger partial charge in [0.15, 0.2) is 11.4 Å². The lowest BCUT2D eigenvalue weighted by Gasteiger charge is -2.32. The van der Waals surface area contributed by atoms with E-state index in [9.17, 15) is 14.0 Å². The van der Waals surface area contributed by atoms with E-state index < -0.39 is 11.5 Å². The number of rotatable bonds is 2. The van der Waals surface area contributed by atoms with Crippen molar-refractivity contribution in [2.45, 2.75) is 19.9 Å². The van der Waals surface area contributed by atoms with Crippen LogP contribution in [0.3, 0.4) is 0 Å². The lowest BCUT2D eigenvalue weighted by molar-refractivity contribution is 0.0685. The standard InChI is InChI=1S/C13H15FN4O3/c1-4-17-5-6(2)18-8-7(12(19)16-15-11(8)14)10(21-3)9(18)13(17)20/h6H,4-5H2,1-3H3,(H,16,19). The molecule has 1 atom stereocenters. The average molecular weight is 294 g/mol. The van der Waals surface area contributed by atoms with Crippen LogP contribution in [0.4, 0.5) is 4.39 Å². The SMILES string of the molecule is CCN1CC(C)n2c(c(OC)c3c(=O)[nH]nc(F)c32)C1=O. The molecule has 0 saturated carbocycles. The maximum absolute atomic E-state index is 14.1. The molecule has 21 heavy (non-hydrogen) atoms. The normalized spacial score (nSPS) is 18.2. The van der Waals surface area contributed by atoms with Gasteiger partial charge in [0.05, 0.1) is 7.11 Å². The topological polar surface area (TPSA) is 80.2 Å². The summed E-state index contributed by atoms with van der Waals surface area (Å²) >= 11 is 0. The fourth-order valence-electron chi connectivity index (χ4n) is 2.94. The molecule has 3 rings (SSSR count). The largest absolute Gasteiger partial charge is 0.493 e. The van der Waals surface area contributed by atoms with Crippen LogP contribution in [0.25, 0.3) is 10.9 Å². The van der Waals surface area contributed by atoms with Gasteiger partial charge >= 0.3 is 0 Å². The van der Waals surface area contributed by atoms with Crippen molar-refractivity contribution < 1.29 is 13.9 Å². The molecule has 8 heteroatoms. The van der Waals surface area contributed by atoms with E-state index in [1.165, 1.54) is 11.7 Å². The van der Waals surface area contributed by atoms with Crippen molar-refractivity contribution in [2.24, 2.45) is 0 Å². The van der Waals surface area contributed by atoms with Crippen LogP contribution in [0.15, 0.2) is 4.79 Å². The van der Waals surface area contributed by atoms with Crippen molar-refractivity contribution in [2.75, 3.05) is 20.2 Å². The highest BCUT2D eigenvalue weighted by atomic mass is 19.1. The molecule has 0 aromatic carbocycles. The molecule has 2 aromatic rings. The van der Waals surface area contributed by atoms with Crippen molar-refractivity contribution in [1.29, 1.82) is 0 Å². The number of aromatic nitrogens is 3. The smallest absolute Gasteiger partial charge is 0.277 e. The molecule has 2 aromatic heterocycles. The van der Waals surface area contributed by atoms with Gasteiger partial charge in [-0.25, -0.2) is 5.10 Å². The number of carbonyl (C=O) groups excluding carboxylic acids is 1. The average Bonchev–Trinajstić information content (AvgIpc) is 2.83. The zero-order valence-electron chi connectivity index (χ0n) is 11.9. The quantitative estimate of drug-likeness (QED) is 0.892. The number of H-pyrrole nitrogens is 1. The first-order valence-corrected chi connectivity index (χ1v) is 6.66. The number of fused-ring (bicyclic) bond motifs is 3. The number of aromatic amines is 1. The summed E-state index contributed by atoms with van der Waals surface area (Å²) in [5.41, 5.74) is -0.360. The molecule has 1 amide bonds. The molecule has 1 aliphatic heterocycles. The van der Waals surface area contributed by atoms with E-state index in [0.29, 0.717) is 13.1 Å². The van der Waals surface area contributed by atoms with Gasteiger partial charge in [-0.2, -0.15) is 4.39 Å². The highest BCUT2D eigenvalue weighted by molar-refractivity contribution is 6.04. The predicted octanol–water partition coefficient (Wildman–Crippen LogP) is 0.909. The molecular weight excluding hydrogens is 279 g/mol. The van der Waals surface area contributed by atoms with Crippen molar-refractivity contribution in [3.63, 3.8) is 0 Å². The van der Waals surface area contributed by atoms with Gasteiger partial charge in [0.1, 0.15) is 10.9 Å². The Bertz CT molecular complexity index is 795. The lowest BCUT2D eigenvalue weighted by atomic mass is 10.2. The first-order valence-electron chi connectivity index (χ1n) is 6.66. The second-order valence-electron chi connectivity index (χ2n) is 5.01. The second kappa shape index (κ2) is 4.57. The maximum atomic E-state index is 14.1. The molecule has 0 aliphatic carbocycles. The van der Waals surface area contributed by atoms with Gasteiger partial charge in [0, 0.05) is 19.1 Å². The summed E-state index contributed by atoms with van der Waals surface area (Å²) < 4.78 is 20.8. The molecule has 7 nitrogen and oxygen atoms in total. The molecule has 0 fully saturated rings. The molecule has 1 aliphatic rings. The van der Waals surface area contributed by atoms with E-state index in [4.69, 9.17) is 4.74 Å². The van der Waals surface area contributed by atoms with Crippen LogP contribution >= 0.6 is 0 Å². The number of carbonyl (C=O) groups is 1. The fraction of sp³-hybridized carbons (Fsp3) is 0.462. The van der Waals surface area contributed by atoms with Crippen LogP contribution < -0.4 is 10.3 Å². The van der Waals surface area contributed by atoms with Crippen LogP contribution in [0.5, 0.6) is 5.75 Å². The third kappa shape index (κ3) is 1.68. The third-order valence-corrected chi connectivity index (χ3v) is 3.84. The molecule has 0 bridgehead atoms. The minimum Gasteiger partial charge on any atom is -0.493 e. The first-order chi connectivity index (χ1) is 10.0. The minimum absolute atomic E-state index is 0.0159. The summed E-state index contributed by atoms with van der Waals surface area (Å²) in [5.74, 6) is -0.997. The Morgan fingerprint density at radius 1 is 1.48 bits per heavy atom.